The molecule has 0 aliphatic rings. The van der Waals surface area contributed by atoms with Crippen LogP contribution in [-0.2, 0) is 20.0 Å². The molecule has 0 saturated heterocycles. The van der Waals surface area contributed by atoms with Gasteiger partial charge in [-0.25, -0.2) is 0 Å². The fraction of sp³-hybridized carbons (Fsp3) is 0.769. The predicted octanol–water partition coefficient (Wildman–Crippen LogP) is 3.16. The minimum absolute atomic E-state index is 0.757. The van der Waals surface area contributed by atoms with Crippen molar-refractivity contribution in [2.75, 3.05) is 6.54 Å². The zero-order chi connectivity index (χ0) is 12.8. The Bertz CT molecular complexity index is 343. The van der Waals surface area contributed by atoms with Crippen LogP contribution in [-0.4, -0.2) is 16.3 Å². The van der Waals surface area contributed by atoms with Crippen LogP contribution in [0.15, 0.2) is 0 Å². The summed E-state index contributed by atoms with van der Waals surface area (Å²) in [5, 5.41) is 8.71. The van der Waals surface area contributed by atoms with Gasteiger partial charge in [0.1, 0.15) is 0 Å². The third kappa shape index (κ3) is 3.71. The predicted molar refractivity (Wildman–Crippen MR) is 73.4 cm³/mol. The van der Waals surface area contributed by atoms with Crippen molar-refractivity contribution >= 4 is 11.6 Å². The highest BCUT2D eigenvalue weighted by molar-refractivity contribution is 6.31. The van der Waals surface area contributed by atoms with E-state index in [9.17, 15) is 0 Å². The maximum atomic E-state index is 6.29. The average molecular weight is 258 g/mol. The van der Waals surface area contributed by atoms with Gasteiger partial charge in [-0.2, -0.15) is 5.10 Å². The van der Waals surface area contributed by atoms with Crippen LogP contribution < -0.4 is 5.32 Å². The van der Waals surface area contributed by atoms with Crippen molar-refractivity contribution in [3.63, 3.8) is 0 Å². The second-order valence-corrected chi connectivity index (χ2v) is 4.88. The summed E-state index contributed by atoms with van der Waals surface area (Å²) in [5.74, 6) is 0.757. The molecule has 0 spiro atoms. The largest absolute Gasteiger partial charge is 0.311 e. The van der Waals surface area contributed by atoms with Crippen molar-refractivity contribution < 1.29 is 0 Å². The SMILES string of the molecule is CCc1nn(C)c(CNCC(CC)CC)c1Cl. The van der Waals surface area contributed by atoms with E-state index in [4.69, 9.17) is 11.6 Å². The average Bonchev–Trinajstić information content (AvgIpc) is 2.61. The van der Waals surface area contributed by atoms with Crippen LogP contribution in [0.2, 0.25) is 5.02 Å². The Morgan fingerprint density at radius 2 is 1.94 bits per heavy atom. The van der Waals surface area contributed by atoms with Gasteiger partial charge in [-0.05, 0) is 18.9 Å². The van der Waals surface area contributed by atoms with Gasteiger partial charge < -0.3 is 5.32 Å². The van der Waals surface area contributed by atoms with E-state index in [1.54, 1.807) is 0 Å². The molecular formula is C13H24ClN3. The lowest BCUT2D eigenvalue weighted by atomic mass is 10.0. The standard InChI is InChI=1S/C13H24ClN3/c1-5-10(6-2)8-15-9-12-13(14)11(7-3)16-17(12)4/h10,15H,5-9H2,1-4H3. The summed E-state index contributed by atoms with van der Waals surface area (Å²) in [6, 6.07) is 0. The summed E-state index contributed by atoms with van der Waals surface area (Å²) in [4.78, 5) is 0. The van der Waals surface area contributed by atoms with Gasteiger partial charge >= 0.3 is 0 Å². The molecule has 1 rings (SSSR count). The Morgan fingerprint density at radius 1 is 1.29 bits per heavy atom. The number of aryl methyl sites for hydroxylation is 2. The summed E-state index contributed by atoms with van der Waals surface area (Å²) >= 11 is 6.29. The van der Waals surface area contributed by atoms with Gasteiger partial charge in [-0.15, -0.1) is 0 Å². The number of hydrogen-bond donors (Lipinski definition) is 1. The van der Waals surface area contributed by atoms with E-state index >= 15 is 0 Å². The molecule has 3 nitrogen and oxygen atoms in total. The summed E-state index contributed by atoms with van der Waals surface area (Å²) in [7, 11) is 1.96. The first kappa shape index (κ1) is 14.5. The number of aromatic nitrogens is 2. The lowest BCUT2D eigenvalue weighted by Crippen LogP contribution is -2.23. The molecule has 0 amide bonds. The van der Waals surface area contributed by atoms with Crippen molar-refractivity contribution in [3.05, 3.63) is 16.4 Å². The van der Waals surface area contributed by atoms with Gasteiger partial charge in [0.05, 0.1) is 16.4 Å². The molecule has 1 N–H and O–H groups in total. The molecule has 0 aliphatic heterocycles. The molecular weight excluding hydrogens is 234 g/mol. The first-order valence-electron chi connectivity index (χ1n) is 6.54. The number of hydrogen-bond acceptors (Lipinski definition) is 2. The van der Waals surface area contributed by atoms with E-state index in [2.05, 4.69) is 31.2 Å². The molecule has 0 unspecified atom stereocenters. The molecule has 0 radical (unpaired) electrons. The summed E-state index contributed by atoms with van der Waals surface area (Å²) in [5.41, 5.74) is 2.09. The summed E-state index contributed by atoms with van der Waals surface area (Å²) in [6.45, 7) is 8.41. The van der Waals surface area contributed by atoms with Crippen LogP contribution in [0.1, 0.15) is 45.0 Å². The van der Waals surface area contributed by atoms with Crippen LogP contribution in [0.25, 0.3) is 0 Å². The molecule has 1 heterocycles. The van der Waals surface area contributed by atoms with Crippen LogP contribution in [0.3, 0.4) is 0 Å². The lowest BCUT2D eigenvalue weighted by Gasteiger charge is -2.13. The van der Waals surface area contributed by atoms with Gasteiger partial charge in [0, 0.05) is 13.6 Å². The van der Waals surface area contributed by atoms with Gasteiger partial charge in [0.25, 0.3) is 0 Å². The lowest BCUT2D eigenvalue weighted by molar-refractivity contribution is 0.444. The van der Waals surface area contributed by atoms with Crippen LogP contribution >= 0.6 is 11.6 Å². The first-order chi connectivity index (χ1) is 8.13. The molecule has 1 aromatic rings. The Kier molecular flexibility index (Phi) is 6.00. The molecule has 17 heavy (non-hydrogen) atoms. The van der Waals surface area contributed by atoms with E-state index in [1.807, 2.05) is 11.7 Å². The summed E-state index contributed by atoms with van der Waals surface area (Å²) in [6.07, 6.45) is 3.34. The van der Waals surface area contributed by atoms with Crippen molar-refractivity contribution in [2.24, 2.45) is 13.0 Å². The number of nitrogens with one attached hydrogen (secondary N) is 1. The molecule has 0 aromatic carbocycles. The maximum absolute atomic E-state index is 6.29. The normalized spacial score (nSPS) is 11.4. The smallest absolute Gasteiger partial charge is 0.0863 e. The fourth-order valence-corrected chi connectivity index (χ4v) is 2.34. The van der Waals surface area contributed by atoms with E-state index in [-0.39, 0.29) is 0 Å². The molecule has 98 valence electrons. The highest BCUT2D eigenvalue weighted by Crippen LogP contribution is 2.20. The van der Waals surface area contributed by atoms with Gasteiger partial charge in [0.15, 0.2) is 0 Å². The van der Waals surface area contributed by atoms with Gasteiger partial charge in [-0.1, -0.05) is 45.2 Å². The minimum atomic E-state index is 0.757. The van der Waals surface area contributed by atoms with Crippen molar-refractivity contribution in [3.8, 4) is 0 Å². The third-order valence-electron chi connectivity index (χ3n) is 3.38. The quantitative estimate of drug-likeness (QED) is 0.813. The first-order valence-corrected chi connectivity index (χ1v) is 6.92. The Hall–Kier alpha value is -0.540. The fourth-order valence-electron chi connectivity index (χ4n) is 1.98. The molecule has 0 atom stereocenters. The van der Waals surface area contributed by atoms with Gasteiger partial charge in [0.2, 0.25) is 0 Å². The van der Waals surface area contributed by atoms with E-state index in [0.717, 1.165) is 41.8 Å². The molecule has 0 bridgehead atoms. The number of nitrogens with zero attached hydrogens (tertiary/aromatic N) is 2. The van der Waals surface area contributed by atoms with Crippen LogP contribution in [0.4, 0.5) is 0 Å². The van der Waals surface area contributed by atoms with Gasteiger partial charge in [-0.3, -0.25) is 4.68 Å². The van der Waals surface area contributed by atoms with Crippen LogP contribution in [0.5, 0.6) is 0 Å². The zero-order valence-electron chi connectivity index (χ0n) is 11.4. The zero-order valence-corrected chi connectivity index (χ0v) is 12.1. The maximum Gasteiger partial charge on any atom is 0.0863 e. The number of halogens is 1. The Labute approximate surface area is 110 Å². The molecule has 1 aromatic heterocycles. The number of rotatable bonds is 7. The Balaban J connectivity index is 2.54. The van der Waals surface area contributed by atoms with E-state index in [0.29, 0.717) is 0 Å². The minimum Gasteiger partial charge on any atom is -0.311 e. The van der Waals surface area contributed by atoms with Crippen molar-refractivity contribution in [1.29, 1.82) is 0 Å². The van der Waals surface area contributed by atoms with E-state index in [1.165, 1.54) is 12.8 Å². The Morgan fingerprint density at radius 3 is 2.41 bits per heavy atom. The second kappa shape index (κ2) is 7.02. The monoisotopic (exact) mass is 257 g/mol. The molecule has 0 fully saturated rings. The third-order valence-corrected chi connectivity index (χ3v) is 3.82. The highest BCUT2D eigenvalue weighted by atomic mass is 35.5. The van der Waals surface area contributed by atoms with Crippen molar-refractivity contribution in [2.45, 2.75) is 46.6 Å². The van der Waals surface area contributed by atoms with Crippen LogP contribution in [0, 0.1) is 5.92 Å². The van der Waals surface area contributed by atoms with Crippen molar-refractivity contribution in [1.82, 2.24) is 15.1 Å². The molecule has 0 aliphatic carbocycles. The second-order valence-electron chi connectivity index (χ2n) is 4.50. The highest BCUT2D eigenvalue weighted by Gasteiger charge is 2.12. The van der Waals surface area contributed by atoms with E-state index < -0.39 is 0 Å². The topological polar surface area (TPSA) is 29.9 Å². The molecule has 0 saturated carbocycles. The summed E-state index contributed by atoms with van der Waals surface area (Å²) < 4.78 is 1.89. The molecule has 4 heteroatoms.